The number of carbonyl (C=O) groups is 4. The predicted molar refractivity (Wildman–Crippen MR) is 237 cm³/mol. The SMILES string of the molecule is C=C.CCc1cccc(OC(=O)OC(C)(C)C)c1C(=O)Oc1ccccc1.CN(C)[C@@H]1c2onc(OCc3ccccc3)c2C(=O)[C@@]2(O[Si](C)(C)C(C)(C)C)C(=O)C=CC[C@@H]12. The van der Waals surface area contributed by atoms with Crippen LogP contribution in [0, 0.1) is 5.92 Å². The molecule has 0 aliphatic heterocycles. The highest BCUT2D eigenvalue weighted by atomic mass is 28.4. The summed E-state index contributed by atoms with van der Waals surface area (Å²) < 4.78 is 34.3. The predicted octanol–water partition coefficient (Wildman–Crippen LogP) is 10.5. The van der Waals surface area contributed by atoms with Gasteiger partial charge in [0.25, 0.3) is 5.88 Å². The molecular weight excluding hydrogens is 793 g/mol. The number of ketones is 2. The van der Waals surface area contributed by atoms with Crippen LogP contribution in [0.2, 0.25) is 18.1 Å². The van der Waals surface area contributed by atoms with Gasteiger partial charge in [0.1, 0.15) is 34.8 Å². The number of esters is 1. The van der Waals surface area contributed by atoms with Crippen LogP contribution in [0.4, 0.5) is 4.79 Å². The second kappa shape index (κ2) is 19.8. The number of fused-ring (bicyclic) bond motifs is 2. The van der Waals surface area contributed by atoms with Crippen molar-refractivity contribution in [1.82, 2.24) is 10.1 Å². The number of para-hydroxylation sites is 1. The van der Waals surface area contributed by atoms with Crippen molar-refractivity contribution >= 4 is 32.0 Å². The number of benzene rings is 3. The van der Waals surface area contributed by atoms with Gasteiger partial charge in [-0.3, -0.25) is 14.5 Å². The van der Waals surface area contributed by atoms with Crippen LogP contribution in [0.5, 0.6) is 17.4 Å². The van der Waals surface area contributed by atoms with Gasteiger partial charge in [0, 0.05) is 5.92 Å². The zero-order chi connectivity index (χ0) is 45.3. The number of hydrogen-bond acceptors (Lipinski definition) is 12. The number of aromatic nitrogens is 1. The minimum Gasteiger partial charge on any atom is -0.470 e. The third-order valence-electron chi connectivity index (χ3n) is 10.7. The van der Waals surface area contributed by atoms with Gasteiger partial charge in [0.05, 0.1) is 6.04 Å². The molecule has 0 spiro atoms. The highest BCUT2D eigenvalue weighted by molar-refractivity contribution is 6.74. The molecule has 0 unspecified atom stereocenters. The monoisotopic (exact) mass is 852 g/mol. The first-order valence-corrected chi connectivity index (χ1v) is 23.2. The molecule has 0 bridgehead atoms. The van der Waals surface area contributed by atoms with Crippen LogP contribution in [0.1, 0.15) is 98.5 Å². The lowest BCUT2D eigenvalue weighted by atomic mass is 9.65. The van der Waals surface area contributed by atoms with E-state index in [0.29, 0.717) is 24.4 Å². The first-order valence-electron chi connectivity index (χ1n) is 20.3. The maximum Gasteiger partial charge on any atom is 0.514 e. The van der Waals surface area contributed by atoms with Crippen molar-refractivity contribution < 1.29 is 47.1 Å². The fourth-order valence-electron chi connectivity index (χ4n) is 6.83. The third-order valence-corrected chi connectivity index (χ3v) is 15.1. The van der Waals surface area contributed by atoms with Crippen molar-refractivity contribution in [3.8, 4) is 17.4 Å². The molecule has 61 heavy (non-hydrogen) atoms. The fraction of sp³-hybridized carbons (Fsp3) is 0.396. The van der Waals surface area contributed by atoms with Crippen molar-refractivity contribution in [1.29, 1.82) is 0 Å². The fourth-order valence-corrected chi connectivity index (χ4v) is 8.29. The van der Waals surface area contributed by atoms with Crippen LogP contribution in [-0.4, -0.2) is 67.4 Å². The summed E-state index contributed by atoms with van der Waals surface area (Å²) >= 11 is 0. The summed E-state index contributed by atoms with van der Waals surface area (Å²) in [6, 6.07) is 23.1. The van der Waals surface area contributed by atoms with E-state index in [1.807, 2.05) is 68.4 Å². The van der Waals surface area contributed by atoms with Gasteiger partial charge in [-0.2, -0.15) is 0 Å². The summed E-state index contributed by atoms with van der Waals surface area (Å²) in [5.41, 5.74) is -0.219. The van der Waals surface area contributed by atoms with E-state index in [0.717, 1.165) is 11.1 Å². The van der Waals surface area contributed by atoms with E-state index in [9.17, 15) is 19.2 Å². The molecule has 0 radical (unpaired) electrons. The highest BCUT2D eigenvalue weighted by Gasteiger charge is 2.65. The molecule has 13 heteroatoms. The van der Waals surface area contributed by atoms with Crippen molar-refractivity contribution in [3.63, 3.8) is 0 Å². The molecule has 0 saturated heterocycles. The first-order chi connectivity index (χ1) is 28.7. The average Bonchev–Trinajstić information content (AvgIpc) is 3.62. The maximum absolute atomic E-state index is 14.3. The Kier molecular flexibility index (Phi) is 15.6. The Bertz CT molecular complexity index is 2180. The third kappa shape index (κ3) is 11.0. The summed E-state index contributed by atoms with van der Waals surface area (Å²) in [7, 11) is 1.29. The van der Waals surface area contributed by atoms with Crippen molar-refractivity contribution in [2.45, 2.75) is 103 Å². The summed E-state index contributed by atoms with van der Waals surface area (Å²) in [6.07, 6.45) is 3.57. The molecule has 1 heterocycles. The van der Waals surface area contributed by atoms with Gasteiger partial charge in [-0.1, -0.05) is 94.4 Å². The van der Waals surface area contributed by atoms with E-state index in [1.54, 1.807) is 63.2 Å². The molecule has 1 aromatic heterocycles. The Labute approximate surface area is 361 Å². The number of nitrogens with zero attached hydrogens (tertiary/aromatic N) is 2. The molecule has 326 valence electrons. The number of rotatable bonds is 10. The van der Waals surface area contributed by atoms with Crippen LogP contribution in [-0.2, 0) is 27.0 Å². The summed E-state index contributed by atoms with van der Waals surface area (Å²) in [5, 5.41) is 3.94. The summed E-state index contributed by atoms with van der Waals surface area (Å²) in [5.74, 6) is -0.655. The van der Waals surface area contributed by atoms with Gasteiger partial charge in [-0.05, 0) is 106 Å². The number of ether oxygens (including phenoxy) is 4. The Balaban J connectivity index is 0.000000270. The topological polar surface area (TPSA) is 144 Å². The summed E-state index contributed by atoms with van der Waals surface area (Å²) in [6.45, 7) is 23.8. The number of hydrogen-bond donors (Lipinski definition) is 0. The lowest BCUT2D eigenvalue weighted by Crippen LogP contribution is -2.65. The van der Waals surface area contributed by atoms with Crippen LogP contribution in [0.25, 0.3) is 0 Å². The van der Waals surface area contributed by atoms with Crippen molar-refractivity contribution in [2.24, 2.45) is 5.92 Å². The zero-order valence-electron chi connectivity index (χ0n) is 37.3. The van der Waals surface area contributed by atoms with Crippen LogP contribution < -0.4 is 14.2 Å². The van der Waals surface area contributed by atoms with E-state index in [-0.39, 0.29) is 46.2 Å². The molecule has 0 saturated carbocycles. The lowest BCUT2D eigenvalue weighted by molar-refractivity contribution is -0.135. The number of Topliss-reactive ketones (excluding diaryl/α,β-unsaturated/α-hetero) is 1. The molecule has 3 atom stereocenters. The van der Waals surface area contributed by atoms with Gasteiger partial charge in [-0.25, -0.2) is 9.59 Å². The standard InChI is InChI=1S/C26H34N2O5Si.C20H22O5.C2H4/c1-25(2,3)34(6,7)33-26-18(14-11-15-19(26)29)21(28(4)5)22-20(23(26)30)24(27-32-22)31-16-17-12-9-8-10-13-17;1-5-14-10-9-13-16(24-19(22)25-20(2,3)4)17(14)18(21)23-15-11-7-6-8-12-15;1-2/h8-13,15,18,21H,14,16H2,1-7H3;6-13H,5H2,1-4H3;1-2H2/t18-,21-,26-;;/m0../s1. The first kappa shape index (κ1) is 48.0. The van der Waals surface area contributed by atoms with Crippen LogP contribution >= 0.6 is 0 Å². The normalized spacial score (nSPS) is 18.4. The molecule has 2 aliphatic carbocycles. The Morgan fingerprint density at radius 1 is 0.902 bits per heavy atom. The van der Waals surface area contributed by atoms with E-state index in [2.05, 4.69) is 52.2 Å². The minimum atomic E-state index is -2.53. The van der Waals surface area contributed by atoms with Crippen LogP contribution in [0.3, 0.4) is 0 Å². The summed E-state index contributed by atoms with van der Waals surface area (Å²) in [4.78, 5) is 54.5. The molecule has 12 nitrogen and oxygen atoms in total. The highest BCUT2D eigenvalue weighted by Crippen LogP contribution is 2.53. The van der Waals surface area contributed by atoms with E-state index >= 15 is 0 Å². The lowest BCUT2D eigenvalue weighted by Gasteiger charge is -2.51. The second-order valence-electron chi connectivity index (χ2n) is 17.4. The van der Waals surface area contributed by atoms with Crippen molar-refractivity contribution in [3.05, 3.63) is 132 Å². The molecular formula is C48H60N2O10Si. The Hall–Kier alpha value is -5.63. The van der Waals surface area contributed by atoms with Gasteiger partial charge < -0.3 is 27.9 Å². The maximum atomic E-state index is 14.3. The molecule has 3 aromatic carbocycles. The smallest absolute Gasteiger partial charge is 0.470 e. The van der Waals surface area contributed by atoms with Gasteiger partial charge >= 0.3 is 12.1 Å². The van der Waals surface area contributed by atoms with Crippen molar-refractivity contribution in [2.75, 3.05) is 14.1 Å². The van der Waals surface area contributed by atoms with Gasteiger partial charge in [-0.15, -0.1) is 13.2 Å². The molecule has 0 fully saturated rings. The Morgan fingerprint density at radius 3 is 2.10 bits per heavy atom. The Morgan fingerprint density at radius 2 is 1.52 bits per heavy atom. The number of allylic oxidation sites excluding steroid dienone is 1. The molecule has 2 aliphatic rings. The molecule has 0 N–H and O–H groups in total. The minimum absolute atomic E-state index is 0.106. The van der Waals surface area contributed by atoms with Gasteiger partial charge in [0.15, 0.2) is 25.5 Å². The molecule has 4 aromatic rings. The quantitative estimate of drug-likeness (QED) is 0.0374. The van der Waals surface area contributed by atoms with E-state index < -0.39 is 43.3 Å². The average molecular weight is 853 g/mol. The van der Waals surface area contributed by atoms with E-state index in [1.165, 1.54) is 6.08 Å². The number of aryl methyl sites for hydroxylation is 1. The number of carbonyl (C=O) groups excluding carboxylic acids is 4. The van der Waals surface area contributed by atoms with Gasteiger partial charge in [0.2, 0.25) is 5.78 Å². The second-order valence-corrected chi connectivity index (χ2v) is 22.1. The largest absolute Gasteiger partial charge is 0.514 e. The van der Waals surface area contributed by atoms with E-state index in [4.69, 9.17) is 27.9 Å². The molecule has 0 amide bonds. The van der Waals surface area contributed by atoms with Crippen LogP contribution in [0.15, 0.2) is 109 Å². The zero-order valence-corrected chi connectivity index (χ0v) is 38.3. The molecule has 6 rings (SSSR count).